The molecule has 78 valence electrons. The highest BCUT2D eigenvalue weighted by Crippen LogP contribution is 1.81. The maximum Gasteiger partial charge on any atom is 0.126 e. The van der Waals surface area contributed by atoms with Crippen molar-refractivity contribution in [3.63, 3.8) is 0 Å². The predicted molar refractivity (Wildman–Crippen MR) is 58.7 cm³/mol. The molecule has 0 fully saturated rings. The SMILES string of the molecule is C=CC(=C)C.CC(C)=O.CCCO. The predicted octanol–water partition coefficient (Wildman–Crippen LogP) is 2.73. The first kappa shape index (κ1) is 18.0. The fourth-order valence-corrected chi connectivity index (χ4v) is 0. The molecule has 1 N–H and O–H groups in total. The first-order valence-corrected chi connectivity index (χ1v) is 4.28. The molecule has 0 saturated heterocycles. The number of hydrogen-bond donors (Lipinski definition) is 1. The summed E-state index contributed by atoms with van der Waals surface area (Å²) in [4.78, 5) is 9.44. The van der Waals surface area contributed by atoms with Gasteiger partial charge in [-0.3, -0.25) is 0 Å². The monoisotopic (exact) mass is 186 g/mol. The summed E-state index contributed by atoms with van der Waals surface area (Å²) in [5.41, 5.74) is 1.02. The Morgan fingerprint density at radius 3 is 1.54 bits per heavy atom. The minimum atomic E-state index is 0.167. The first-order valence-electron chi connectivity index (χ1n) is 4.28. The van der Waals surface area contributed by atoms with Crippen molar-refractivity contribution in [2.75, 3.05) is 6.61 Å². The van der Waals surface area contributed by atoms with Crippen molar-refractivity contribution in [3.05, 3.63) is 24.8 Å². The van der Waals surface area contributed by atoms with Crippen molar-refractivity contribution in [2.45, 2.75) is 34.1 Å². The molecule has 0 aromatic rings. The second kappa shape index (κ2) is 17.3. The Labute approximate surface area is 82.0 Å². The lowest BCUT2D eigenvalue weighted by Crippen LogP contribution is -1.69. The van der Waals surface area contributed by atoms with Gasteiger partial charge < -0.3 is 9.90 Å². The van der Waals surface area contributed by atoms with Gasteiger partial charge in [0.2, 0.25) is 0 Å². The van der Waals surface area contributed by atoms with Crippen LogP contribution >= 0.6 is 0 Å². The lowest BCUT2D eigenvalue weighted by molar-refractivity contribution is -0.114. The third kappa shape index (κ3) is 207. The number of carbonyl (C=O) groups excluding carboxylic acids is 1. The second-order valence-electron chi connectivity index (χ2n) is 2.68. The van der Waals surface area contributed by atoms with Crippen LogP contribution in [-0.2, 0) is 4.79 Å². The van der Waals surface area contributed by atoms with Gasteiger partial charge >= 0.3 is 0 Å². The zero-order chi connectivity index (χ0) is 11.3. The number of carbonyl (C=O) groups is 1. The second-order valence-corrected chi connectivity index (χ2v) is 2.68. The number of allylic oxidation sites excluding steroid dienone is 2. The van der Waals surface area contributed by atoms with Gasteiger partial charge in [0.15, 0.2) is 0 Å². The highest BCUT2D eigenvalue weighted by atomic mass is 16.2. The standard InChI is InChI=1S/C5H8.C3H6O.C3H8O/c1-4-5(2)3;1-3(2)4;1-2-3-4/h4H,1-2H2,3H3;1-2H3;4H,2-3H2,1H3. The van der Waals surface area contributed by atoms with Crippen molar-refractivity contribution in [1.82, 2.24) is 0 Å². The van der Waals surface area contributed by atoms with E-state index in [-0.39, 0.29) is 5.78 Å². The van der Waals surface area contributed by atoms with Gasteiger partial charge in [0.25, 0.3) is 0 Å². The molecule has 0 amide bonds. The van der Waals surface area contributed by atoms with Crippen molar-refractivity contribution >= 4 is 5.78 Å². The van der Waals surface area contributed by atoms with Crippen molar-refractivity contribution in [1.29, 1.82) is 0 Å². The van der Waals surface area contributed by atoms with Gasteiger partial charge in [-0.15, -0.1) is 0 Å². The fraction of sp³-hybridized carbons (Fsp3) is 0.545. The molecule has 0 bridgehead atoms. The van der Waals surface area contributed by atoms with Crippen LogP contribution in [0.15, 0.2) is 24.8 Å². The topological polar surface area (TPSA) is 37.3 Å². The molecule has 0 heterocycles. The van der Waals surface area contributed by atoms with Crippen molar-refractivity contribution < 1.29 is 9.90 Å². The lowest BCUT2D eigenvalue weighted by atomic mass is 10.4. The Kier molecular flexibility index (Phi) is 23.9. The van der Waals surface area contributed by atoms with Crippen LogP contribution in [0.5, 0.6) is 0 Å². The average molecular weight is 186 g/mol. The number of aliphatic hydroxyl groups excluding tert-OH is 1. The zero-order valence-electron chi connectivity index (χ0n) is 9.26. The van der Waals surface area contributed by atoms with E-state index in [1.165, 1.54) is 13.8 Å². The minimum absolute atomic E-state index is 0.167. The zero-order valence-corrected chi connectivity index (χ0v) is 9.26. The lowest BCUT2D eigenvalue weighted by Gasteiger charge is -1.71. The molecule has 0 saturated carbocycles. The van der Waals surface area contributed by atoms with Gasteiger partial charge in [0.05, 0.1) is 0 Å². The highest BCUT2D eigenvalue weighted by Gasteiger charge is 1.62. The van der Waals surface area contributed by atoms with Crippen LogP contribution in [0.3, 0.4) is 0 Å². The van der Waals surface area contributed by atoms with E-state index in [4.69, 9.17) is 5.11 Å². The van der Waals surface area contributed by atoms with E-state index in [1.807, 2.05) is 13.8 Å². The smallest absolute Gasteiger partial charge is 0.126 e. The third-order valence-electron chi connectivity index (χ3n) is 0.572. The Balaban J connectivity index is -0.000000117. The van der Waals surface area contributed by atoms with Gasteiger partial charge in [-0.2, -0.15) is 0 Å². The molecule has 0 aliphatic heterocycles. The van der Waals surface area contributed by atoms with E-state index >= 15 is 0 Å². The van der Waals surface area contributed by atoms with Crippen LogP contribution in [0.2, 0.25) is 0 Å². The quantitative estimate of drug-likeness (QED) is 0.673. The summed E-state index contributed by atoms with van der Waals surface area (Å²) in [6.07, 6.45) is 2.60. The molecule has 0 spiro atoms. The Morgan fingerprint density at radius 1 is 1.38 bits per heavy atom. The summed E-state index contributed by atoms with van der Waals surface area (Å²) in [7, 11) is 0. The number of hydrogen-bond acceptors (Lipinski definition) is 2. The first-order chi connectivity index (χ1) is 5.92. The maximum absolute atomic E-state index is 9.44. The summed E-state index contributed by atoms with van der Waals surface area (Å²) >= 11 is 0. The van der Waals surface area contributed by atoms with Crippen LogP contribution in [0.25, 0.3) is 0 Å². The molecule has 13 heavy (non-hydrogen) atoms. The molecule has 0 unspecified atom stereocenters. The molecular formula is C11H22O2. The van der Waals surface area contributed by atoms with Crippen LogP contribution in [0.4, 0.5) is 0 Å². The average Bonchev–Trinajstić information content (AvgIpc) is 2.04. The van der Waals surface area contributed by atoms with E-state index in [2.05, 4.69) is 13.2 Å². The summed E-state index contributed by atoms with van der Waals surface area (Å²) in [6, 6.07) is 0. The largest absolute Gasteiger partial charge is 0.396 e. The normalized spacial score (nSPS) is 6.85. The number of rotatable bonds is 2. The Bertz CT molecular complexity index is 131. The molecule has 0 aromatic heterocycles. The fourth-order valence-electron chi connectivity index (χ4n) is 0. The molecule has 0 aliphatic carbocycles. The molecule has 0 aliphatic rings. The number of aliphatic hydroxyl groups is 1. The molecule has 0 rings (SSSR count). The van der Waals surface area contributed by atoms with E-state index in [0.717, 1.165) is 12.0 Å². The highest BCUT2D eigenvalue weighted by molar-refractivity contribution is 5.72. The number of ketones is 1. The Hall–Kier alpha value is -0.890. The Morgan fingerprint density at radius 2 is 1.54 bits per heavy atom. The minimum Gasteiger partial charge on any atom is -0.396 e. The van der Waals surface area contributed by atoms with Crippen molar-refractivity contribution in [2.24, 2.45) is 0 Å². The summed E-state index contributed by atoms with van der Waals surface area (Å²) in [5, 5.41) is 7.88. The van der Waals surface area contributed by atoms with E-state index in [1.54, 1.807) is 6.08 Å². The van der Waals surface area contributed by atoms with Crippen LogP contribution in [0, 0.1) is 0 Å². The summed E-state index contributed by atoms with van der Waals surface area (Å²) in [6.45, 7) is 14.2. The van der Waals surface area contributed by atoms with Crippen LogP contribution in [0.1, 0.15) is 34.1 Å². The molecule has 2 nitrogen and oxygen atoms in total. The van der Waals surface area contributed by atoms with E-state index in [9.17, 15) is 4.79 Å². The van der Waals surface area contributed by atoms with Gasteiger partial charge in [-0.1, -0.05) is 31.7 Å². The van der Waals surface area contributed by atoms with E-state index in [0.29, 0.717) is 6.61 Å². The molecule has 0 atom stereocenters. The summed E-state index contributed by atoms with van der Waals surface area (Å²) in [5.74, 6) is 0.167. The molecule has 0 aromatic carbocycles. The van der Waals surface area contributed by atoms with Crippen LogP contribution < -0.4 is 0 Å². The molecular weight excluding hydrogens is 164 g/mol. The van der Waals surface area contributed by atoms with E-state index < -0.39 is 0 Å². The molecule has 2 heteroatoms. The van der Waals surface area contributed by atoms with Crippen LogP contribution in [-0.4, -0.2) is 17.5 Å². The maximum atomic E-state index is 9.44. The van der Waals surface area contributed by atoms with Gasteiger partial charge in [-0.05, 0) is 27.2 Å². The third-order valence-corrected chi connectivity index (χ3v) is 0.572. The summed E-state index contributed by atoms with van der Waals surface area (Å²) < 4.78 is 0. The van der Waals surface area contributed by atoms with Crippen molar-refractivity contribution in [3.8, 4) is 0 Å². The van der Waals surface area contributed by atoms with Gasteiger partial charge in [-0.25, -0.2) is 0 Å². The van der Waals surface area contributed by atoms with Gasteiger partial charge in [0, 0.05) is 6.61 Å². The number of Topliss-reactive ketones (excluding diaryl/α,β-unsaturated/α-hetero) is 1. The molecule has 0 radical (unpaired) electrons. The van der Waals surface area contributed by atoms with Gasteiger partial charge in [0.1, 0.15) is 5.78 Å².